The fourth-order valence-electron chi connectivity index (χ4n) is 3.46. The molecule has 3 rings (SSSR count). The highest BCUT2D eigenvalue weighted by molar-refractivity contribution is 7.92. The first-order valence-corrected chi connectivity index (χ1v) is 12.9. The summed E-state index contributed by atoms with van der Waals surface area (Å²) >= 11 is 1.29. The average molecular weight is 450 g/mol. The molecule has 3 aromatic rings. The number of sulfone groups is 1. The molecule has 1 N–H and O–H groups in total. The minimum absolute atomic E-state index is 0.167. The summed E-state index contributed by atoms with van der Waals surface area (Å²) in [5, 5.41) is 0.775. The third-order valence-corrected chi connectivity index (χ3v) is 9.60. The minimum atomic E-state index is -3.88. The molecule has 0 aliphatic rings. The summed E-state index contributed by atoms with van der Waals surface area (Å²) < 4.78 is 55.0. The van der Waals surface area contributed by atoms with Crippen molar-refractivity contribution < 1.29 is 16.8 Å². The van der Waals surface area contributed by atoms with E-state index in [1.54, 1.807) is 61.7 Å². The first kappa shape index (κ1) is 21.7. The molecule has 0 fully saturated rings. The highest BCUT2D eigenvalue weighted by Gasteiger charge is 2.32. The van der Waals surface area contributed by atoms with Crippen LogP contribution in [0.2, 0.25) is 0 Å². The number of benzene rings is 2. The lowest BCUT2D eigenvalue weighted by Gasteiger charge is -2.19. The minimum Gasteiger partial charge on any atom is -0.223 e. The summed E-state index contributed by atoms with van der Waals surface area (Å²) in [6.45, 7) is 5.15. The molecule has 1 heterocycles. The number of hydrogen-bond acceptors (Lipinski definition) is 5. The molecule has 0 saturated carbocycles. The maximum atomic E-state index is 13.2. The molecule has 2 aromatic carbocycles. The van der Waals surface area contributed by atoms with E-state index in [9.17, 15) is 16.8 Å². The molecule has 29 heavy (non-hydrogen) atoms. The van der Waals surface area contributed by atoms with Crippen LogP contribution in [0.1, 0.15) is 26.8 Å². The van der Waals surface area contributed by atoms with Crippen LogP contribution in [0.15, 0.2) is 69.8 Å². The molecule has 0 bridgehead atoms. The van der Waals surface area contributed by atoms with Crippen LogP contribution in [-0.4, -0.2) is 23.4 Å². The molecule has 0 amide bonds. The molecule has 1 atom stereocenters. The molecule has 0 spiro atoms. The quantitative estimate of drug-likeness (QED) is 0.587. The van der Waals surface area contributed by atoms with Gasteiger partial charge in [0.2, 0.25) is 10.0 Å². The van der Waals surface area contributed by atoms with Gasteiger partial charge in [-0.25, -0.2) is 21.6 Å². The summed E-state index contributed by atoms with van der Waals surface area (Å²) in [5.41, 5.74) is 2.24. The van der Waals surface area contributed by atoms with Gasteiger partial charge in [-0.3, -0.25) is 0 Å². The summed E-state index contributed by atoms with van der Waals surface area (Å²) in [5.74, 6) is 0. The van der Waals surface area contributed by atoms with Crippen molar-refractivity contribution in [3.05, 3.63) is 81.5 Å². The van der Waals surface area contributed by atoms with Crippen molar-refractivity contribution in [2.45, 2.75) is 35.8 Å². The Bertz CT molecular complexity index is 1180. The Morgan fingerprint density at radius 3 is 2.07 bits per heavy atom. The predicted octanol–water partition coefficient (Wildman–Crippen LogP) is 4.17. The normalized spacial score (nSPS) is 13.3. The zero-order valence-electron chi connectivity index (χ0n) is 16.4. The lowest BCUT2D eigenvalue weighted by Crippen LogP contribution is -2.32. The van der Waals surface area contributed by atoms with Gasteiger partial charge in [-0.1, -0.05) is 42.0 Å². The second-order valence-corrected chi connectivity index (χ2v) is 11.8. The molecule has 0 saturated heterocycles. The van der Waals surface area contributed by atoms with Gasteiger partial charge < -0.3 is 0 Å². The van der Waals surface area contributed by atoms with Crippen LogP contribution in [0, 0.1) is 20.8 Å². The monoisotopic (exact) mass is 449 g/mol. The number of rotatable bonds is 7. The van der Waals surface area contributed by atoms with E-state index in [4.69, 9.17) is 0 Å². The van der Waals surface area contributed by atoms with E-state index in [2.05, 4.69) is 4.72 Å². The van der Waals surface area contributed by atoms with E-state index in [1.165, 1.54) is 23.5 Å². The lowest BCUT2D eigenvalue weighted by molar-refractivity contribution is 0.569. The van der Waals surface area contributed by atoms with E-state index in [-0.39, 0.29) is 16.3 Å². The molecular formula is C21H23NO4S3. The summed E-state index contributed by atoms with van der Waals surface area (Å²) in [6, 6.07) is 15.2. The molecule has 1 aromatic heterocycles. The largest absolute Gasteiger partial charge is 0.241 e. The number of hydrogen-bond donors (Lipinski definition) is 1. The Balaban J connectivity index is 1.97. The highest BCUT2D eigenvalue weighted by Crippen LogP contribution is 2.32. The van der Waals surface area contributed by atoms with Crippen LogP contribution in [0.4, 0.5) is 0 Å². The van der Waals surface area contributed by atoms with Gasteiger partial charge in [0.1, 0.15) is 5.25 Å². The molecule has 0 radical (unpaired) electrons. The fraction of sp³-hybridized carbons (Fsp3) is 0.238. The van der Waals surface area contributed by atoms with Crippen LogP contribution in [-0.2, 0) is 19.9 Å². The molecule has 0 aliphatic carbocycles. The Kier molecular flexibility index (Phi) is 6.28. The first-order chi connectivity index (χ1) is 13.6. The topological polar surface area (TPSA) is 80.3 Å². The SMILES string of the molecule is Cc1cc(C)c(S(=O)(=O)NC[C@H](c2cccs2)S(=O)(=O)c2ccccc2)c(C)c1. The zero-order chi connectivity index (χ0) is 21.2. The second kappa shape index (κ2) is 8.39. The van der Waals surface area contributed by atoms with Gasteiger partial charge in [-0.15, -0.1) is 11.3 Å². The van der Waals surface area contributed by atoms with Crippen molar-refractivity contribution in [3.8, 4) is 0 Å². The third-order valence-electron chi connectivity index (χ3n) is 4.64. The molecule has 0 aliphatic heterocycles. The Morgan fingerprint density at radius 2 is 1.52 bits per heavy atom. The van der Waals surface area contributed by atoms with Crippen molar-refractivity contribution in [3.63, 3.8) is 0 Å². The van der Waals surface area contributed by atoms with Crippen LogP contribution < -0.4 is 4.72 Å². The Labute approximate surface area is 176 Å². The van der Waals surface area contributed by atoms with E-state index < -0.39 is 25.1 Å². The summed E-state index contributed by atoms with van der Waals surface area (Å²) in [4.78, 5) is 0.958. The summed E-state index contributed by atoms with van der Waals surface area (Å²) in [6.07, 6.45) is 0. The number of sulfonamides is 1. The van der Waals surface area contributed by atoms with Crippen molar-refractivity contribution in [2.75, 3.05) is 6.54 Å². The number of thiophene rings is 1. The van der Waals surface area contributed by atoms with Gasteiger partial charge in [0.25, 0.3) is 0 Å². The van der Waals surface area contributed by atoms with Gasteiger partial charge in [0, 0.05) is 11.4 Å². The van der Waals surface area contributed by atoms with E-state index in [1.807, 2.05) is 6.92 Å². The van der Waals surface area contributed by atoms with Gasteiger partial charge >= 0.3 is 0 Å². The van der Waals surface area contributed by atoms with Gasteiger partial charge in [0.05, 0.1) is 9.79 Å². The summed E-state index contributed by atoms with van der Waals surface area (Å²) in [7, 11) is -7.65. The zero-order valence-corrected chi connectivity index (χ0v) is 18.9. The fourth-order valence-corrected chi connectivity index (χ4v) is 7.87. The molecule has 154 valence electrons. The average Bonchev–Trinajstić information content (AvgIpc) is 3.15. The van der Waals surface area contributed by atoms with Gasteiger partial charge in [-0.2, -0.15) is 0 Å². The Morgan fingerprint density at radius 1 is 0.897 bits per heavy atom. The molecular weight excluding hydrogens is 426 g/mol. The Hall–Kier alpha value is -2.00. The van der Waals surface area contributed by atoms with Crippen LogP contribution in [0.25, 0.3) is 0 Å². The standard InChI is InChI=1S/C21H23NO4S3/c1-15-12-16(2)21(17(3)13-15)29(25,26)22-14-20(19-10-7-11-27-19)28(23,24)18-8-5-4-6-9-18/h4-13,20,22H,14H2,1-3H3/t20-/m1/s1. The maximum absolute atomic E-state index is 13.2. The van der Waals surface area contributed by atoms with Crippen molar-refractivity contribution in [2.24, 2.45) is 0 Å². The predicted molar refractivity (Wildman–Crippen MR) is 117 cm³/mol. The van der Waals surface area contributed by atoms with Crippen LogP contribution >= 0.6 is 11.3 Å². The lowest BCUT2D eigenvalue weighted by atomic mass is 10.1. The van der Waals surface area contributed by atoms with Gasteiger partial charge in [0.15, 0.2) is 9.84 Å². The van der Waals surface area contributed by atoms with Crippen LogP contribution in [0.5, 0.6) is 0 Å². The second-order valence-electron chi connectivity index (χ2n) is 6.94. The highest BCUT2D eigenvalue weighted by atomic mass is 32.2. The van der Waals surface area contributed by atoms with E-state index in [0.29, 0.717) is 16.0 Å². The molecule has 0 unspecified atom stereocenters. The number of nitrogens with one attached hydrogen (secondary N) is 1. The van der Waals surface area contributed by atoms with Crippen molar-refractivity contribution in [1.82, 2.24) is 4.72 Å². The molecule has 8 heteroatoms. The maximum Gasteiger partial charge on any atom is 0.241 e. The first-order valence-electron chi connectivity index (χ1n) is 9.03. The number of aryl methyl sites for hydroxylation is 3. The van der Waals surface area contributed by atoms with Crippen LogP contribution in [0.3, 0.4) is 0 Å². The molecule has 5 nitrogen and oxygen atoms in total. The van der Waals surface area contributed by atoms with E-state index in [0.717, 1.165) is 5.56 Å². The van der Waals surface area contributed by atoms with Crippen molar-refractivity contribution >= 4 is 31.2 Å². The third kappa shape index (κ3) is 4.61. The van der Waals surface area contributed by atoms with Crippen molar-refractivity contribution in [1.29, 1.82) is 0 Å². The van der Waals surface area contributed by atoms with Gasteiger partial charge in [-0.05, 0) is 55.5 Å². The smallest absolute Gasteiger partial charge is 0.223 e. The van der Waals surface area contributed by atoms with E-state index >= 15 is 0 Å².